The number of nitrogens with one attached hydrogen (secondary N) is 3. The van der Waals surface area contributed by atoms with Gasteiger partial charge in [0.15, 0.2) is 0 Å². The van der Waals surface area contributed by atoms with E-state index in [1.165, 1.54) is 0 Å². The van der Waals surface area contributed by atoms with Gasteiger partial charge in [0.25, 0.3) is 0 Å². The third-order valence-electron chi connectivity index (χ3n) is 5.93. The van der Waals surface area contributed by atoms with Crippen LogP contribution in [0.5, 0.6) is 0 Å². The van der Waals surface area contributed by atoms with E-state index in [9.17, 15) is 19.2 Å². The molecule has 0 fully saturated rings. The zero-order valence-electron chi connectivity index (χ0n) is 21.7. The summed E-state index contributed by atoms with van der Waals surface area (Å²) in [4.78, 5) is 47.9. The Kier molecular flexibility index (Phi) is 16.8. The van der Waals surface area contributed by atoms with Gasteiger partial charge < -0.3 is 26.0 Å². The number of hydrogen-bond donors (Lipinski definition) is 4. The highest BCUT2D eigenvalue weighted by Crippen LogP contribution is 2.23. The number of ether oxygens (including phenoxy) is 1. The highest BCUT2D eigenvalue weighted by molar-refractivity contribution is 5.91. The number of unbranched alkanes of at least 4 members (excludes halogenated alkanes) is 3. The van der Waals surface area contributed by atoms with Crippen LogP contribution >= 0.6 is 0 Å². The van der Waals surface area contributed by atoms with Gasteiger partial charge in [-0.05, 0) is 56.8 Å². The number of aryl methyl sites for hydroxylation is 1. The van der Waals surface area contributed by atoms with Crippen molar-refractivity contribution in [1.82, 2.24) is 15.5 Å². The molecule has 1 rings (SSSR count). The number of nitrogens with zero attached hydrogens (tertiary/aromatic N) is 1. The molecule has 36 heavy (non-hydrogen) atoms. The summed E-state index contributed by atoms with van der Waals surface area (Å²) in [6, 6.07) is 5.44. The van der Waals surface area contributed by atoms with E-state index < -0.39 is 0 Å². The van der Waals surface area contributed by atoms with Crippen LogP contribution in [0.4, 0.5) is 5.69 Å². The second kappa shape index (κ2) is 19.4. The number of imide groups is 1. The largest absolute Gasteiger partial charge is 0.379 e. The number of nitrogens with two attached hydrogens (primary N) is 1. The Morgan fingerprint density at radius 1 is 1.06 bits per heavy atom. The Hall–Kier alpha value is -2.82. The monoisotopic (exact) mass is 505 g/mol. The van der Waals surface area contributed by atoms with Gasteiger partial charge in [-0.1, -0.05) is 25.0 Å². The molecule has 0 aliphatic heterocycles. The van der Waals surface area contributed by atoms with Crippen LogP contribution in [0.2, 0.25) is 0 Å². The lowest BCUT2D eigenvalue weighted by Crippen LogP contribution is -2.33. The summed E-state index contributed by atoms with van der Waals surface area (Å²) in [7, 11) is 0. The van der Waals surface area contributed by atoms with Crippen molar-refractivity contribution in [2.45, 2.75) is 71.4 Å². The van der Waals surface area contributed by atoms with Crippen molar-refractivity contribution in [1.29, 1.82) is 0 Å². The summed E-state index contributed by atoms with van der Waals surface area (Å²) in [5, 5.41) is 8.43. The summed E-state index contributed by atoms with van der Waals surface area (Å²) in [5.74, 6) is -0.427. The maximum Gasteiger partial charge on any atom is 0.226 e. The molecule has 1 aromatic carbocycles. The van der Waals surface area contributed by atoms with E-state index in [0.717, 1.165) is 56.3 Å². The molecule has 1 aromatic rings. The van der Waals surface area contributed by atoms with E-state index in [1.54, 1.807) is 4.90 Å². The predicted octanol–water partition coefficient (Wildman–Crippen LogP) is 1.85. The van der Waals surface area contributed by atoms with Crippen molar-refractivity contribution in [3.8, 4) is 0 Å². The summed E-state index contributed by atoms with van der Waals surface area (Å²) >= 11 is 0. The minimum absolute atomic E-state index is 0.0479. The lowest BCUT2D eigenvalue weighted by atomic mass is 10.0. The summed E-state index contributed by atoms with van der Waals surface area (Å²) in [6.45, 7) is 7.65. The average molecular weight is 506 g/mol. The molecule has 0 saturated carbocycles. The molecule has 202 valence electrons. The van der Waals surface area contributed by atoms with Gasteiger partial charge in [-0.3, -0.25) is 24.5 Å². The lowest BCUT2D eigenvalue weighted by molar-refractivity contribution is -0.126. The second-order valence-corrected chi connectivity index (χ2v) is 8.82. The third-order valence-corrected chi connectivity index (χ3v) is 5.93. The molecule has 10 nitrogen and oxygen atoms in total. The van der Waals surface area contributed by atoms with Crippen molar-refractivity contribution in [3.05, 3.63) is 29.3 Å². The van der Waals surface area contributed by atoms with Crippen LogP contribution in [0.25, 0.3) is 0 Å². The Bertz CT molecular complexity index is 805. The first-order valence-corrected chi connectivity index (χ1v) is 12.7. The summed E-state index contributed by atoms with van der Waals surface area (Å²) in [6.07, 6.45) is 6.00. The van der Waals surface area contributed by atoms with Crippen LogP contribution in [0.1, 0.15) is 63.0 Å². The molecule has 0 radical (unpaired) electrons. The second-order valence-electron chi connectivity index (χ2n) is 8.82. The number of carbonyl (C=O) groups excluding carboxylic acids is 4. The first-order chi connectivity index (χ1) is 17.4. The zero-order chi connectivity index (χ0) is 26.6. The van der Waals surface area contributed by atoms with Crippen molar-refractivity contribution in [3.63, 3.8) is 0 Å². The number of carbonyl (C=O) groups is 4. The van der Waals surface area contributed by atoms with Crippen LogP contribution in [-0.2, 0) is 30.5 Å². The molecule has 1 atom stereocenters. The first-order valence-electron chi connectivity index (χ1n) is 12.7. The molecular weight excluding hydrogens is 462 g/mol. The first kappa shape index (κ1) is 31.2. The van der Waals surface area contributed by atoms with Crippen molar-refractivity contribution in [2.75, 3.05) is 38.2 Å². The fourth-order valence-electron chi connectivity index (χ4n) is 3.71. The molecular formula is C26H43N5O5. The topological polar surface area (TPSA) is 143 Å². The van der Waals surface area contributed by atoms with Crippen molar-refractivity contribution in [2.24, 2.45) is 5.73 Å². The van der Waals surface area contributed by atoms with Crippen LogP contribution in [-0.4, -0.2) is 68.4 Å². The molecule has 1 unspecified atom stereocenters. The molecule has 10 heteroatoms. The van der Waals surface area contributed by atoms with Crippen LogP contribution in [0.15, 0.2) is 18.2 Å². The Morgan fingerprint density at radius 3 is 2.56 bits per heavy atom. The van der Waals surface area contributed by atoms with Crippen LogP contribution < -0.4 is 21.7 Å². The maximum atomic E-state index is 12.6. The smallest absolute Gasteiger partial charge is 0.226 e. The van der Waals surface area contributed by atoms with E-state index in [-0.39, 0.29) is 24.3 Å². The van der Waals surface area contributed by atoms with Gasteiger partial charge >= 0.3 is 0 Å². The number of benzene rings is 1. The van der Waals surface area contributed by atoms with E-state index in [0.29, 0.717) is 51.2 Å². The van der Waals surface area contributed by atoms with Gasteiger partial charge in [-0.2, -0.15) is 0 Å². The number of anilines is 1. The van der Waals surface area contributed by atoms with Gasteiger partial charge in [0.2, 0.25) is 24.6 Å². The summed E-state index contributed by atoms with van der Waals surface area (Å²) in [5.41, 5.74) is 7.89. The number of amides is 4. The van der Waals surface area contributed by atoms with Crippen LogP contribution in [0.3, 0.4) is 0 Å². The highest BCUT2D eigenvalue weighted by Gasteiger charge is 2.17. The quantitative estimate of drug-likeness (QED) is 0.147. The maximum absolute atomic E-state index is 12.6. The molecule has 0 aliphatic carbocycles. The highest BCUT2D eigenvalue weighted by atomic mass is 16.5. The fraction of sp³-hybridized carbons (Fsp3) is 0.615. The van der Waals surface area contributed by atoms with Gasteiger partial charge in [0.1, 0.15) is 0 Å². The standard InChI is InChI=1S/C26H43N5O5/c1-21-8-7-9-24(23(21)18-31(20-33)22(2)11-12-25(34)29-19-32)30-26(35)10-5-3-4-6-14-28-15-17-36-16-13-27/h7-9,19-20,22,28H,3-6,10-18,27H2,1-2H3,(H,30,35)(H,29,32,34). The van der Waals surface area contributed by atoms with E-state index in [2.05, 4.69) is 16.0 Å². The normalized spacial score (nSPS) is 11.5. The third kappa shape index (κ3) is 13.3. The SMILES string of the molecule is Cc1cccc(NC(=O)CCCCCCNCCOCCN)c1CN(C=O)C(C)CCC(=O)NC=O. The molecule has 0 aliphatic rings. The number of hydrogen-bond acceptors (Lipinski definition) is 7. The van der Waals surface area contributed by atoms with Crippen molar-refractivity contribution >= 4 is 30.3 Å². The minimum atomic E-state index is -0.379. The summed E-state index contributed by atoms with van der Waals surface area (Å²) < 4.78 is 5.31. The van der Waals surface area contributed by atoms with E-state index in [4.69, 9.17) is 10.5 Å². The Balaban J connectivity index is 2.45. The minimum Gasteiger partial charge on any atom is -0.379 e. The van der Waals surface area contributed by atoms with Gasteiger partial charge in [0.05, 0.1) is 13.2 Å². The lowest BCUT2D eigenvalue weighted by Gasteiger charge is -2.27. The Labute approximate surface area is 214 Å². The van der Waals surface area contributed by atoms with Crippen LogP contribution in [0, 0.1) is 6.92 Å². The van der Waals surface area contributed by atoms with Crippen molar-refractivity contribution < 1.29 is 23.9 Å². The fourth-order valence-corrected chi connectivity index (χ4v) is 3.71. The Morgan fingerprint density at radius 2 is 1.83 bits per heavy atom. The molecule has 0 saturated heterocycles. The number of rotatable bonds is 21. The van der Waals surface area contributed by atoms with Gasteiger partial charge in [0, 0.05) is 44.2 Å². The molecule has 0 aromatic heterocycles. The van der Waals surface area contributed by atoms with E-state index >= 15 is 0 Å². The van der Waals surface area contributed by atoms with E-state index in [1.807, 2.05) is 32.0 Å². The molecule has 4 amide bonds. The molecule has 0 spiro atoms. The molecule has 5 N–H and O–H groups in total. The van der Waals surface area contributed by atoms with Gasteiger partial charge in [-0.25, -0.2) is 0 Å². The zero-order valence-corrected chi connectivity index (χ0v) is 21.7. The predicted molar refractivity (Wildman–Crippen MR) is 140 cm³/mol. The average Bonchev–Trinajstić information content (AvgIpc) is 2.86. The van der Waals surface area contributed by atoms with Gasteiger partial charge in [-0.15, -0.1) is 0 Å². The molecule has 0 bridgehead atoms. The molecule has 0 heterocycles.